The van der Waals surface area contributed by atoms with Crippen molar-refractivity contribution in [2.24, 2.45) is 0 Å². The minimum absolute atomic E-state index is 0.0467. The van der Waals surface area contributed by atoms with Gasteiger partial charge in [0.1, 0.15) is 10.9 Å². The quantitative estimate of drug-likeness (QED) is 0.296. The Bertz CT molecular complexity index is 1350. The maximum absolute atomic E-state index is 13.1. The first-order valence-electron chi connectivity index (χ1n) is 10.7. The van der Waals surface area contributed by atoms with Crippen molar-refractivity contribution in [3.63, 3.8) is 0 Å². The van der Waals surface area contributed by atoms with Crippen LogP contribution in [0.25, 0.3) is 10.9 Å². The number of H-pyrrole nitrogens is 1. The van der Waals surface area contributed by atoms with Gasteiger partial charge in [0, 0.05) is 54.7 Å². The first-order chi connectivity index (χ1) is 16.2. The summed E-state index contributed by atoms with van der Waals surface area (Å²) in [5.41, 5.74) is 2.36. The highest BCUT2D eigenvalue weighted by Gasteiger charge is 2.33. The first kappa shape index (κ1) is 24.0. The standard InChI is InChI=1S/C24H26ClN5O3S/c1-3-10-28(2)24(26)18-6-4-17(5-7-18)15-29-11-12-30(16-23(29)31)34(32,33)22-14-19-13-20(25)8-9-21(19)27-22/h3-9,13-14,26-27H,1,10-12,15-16H2,2H3. The summed E-state index contributed by atoms with van der Waals surface area (Å²) >= 11 is 6.00. The van der Waals surface area contributed by atoms with E-state index in [-0.39, 0.29) is 24.0 Å². The molecule has 2 heterocycles. The lowest BCUT2D eigenvalue weighted by atomic mass is 10.1. The molecular weight excluding hydrogens is 474 g/mol. The van der Waals surface area contributed by atoms with Crippen molar-refractivity contribution in [3.8, 4) is 0 Å². The van der Waals surface area contributed by atoms with Crippen molar-refractivity contribution in [1.29, 1.82) is 5.41 Å². The summed E-state index contributed by atoms with van der Waals surface area (Å²) < 4.78 is 27.4. The molecule has 3 aromatic rings. The average molecular weight is 500 g/mol. The summed E-state index contributed by atoms with van der Waals surface area (Å²) in [4.78, 5) is 19.1. The van der Waals surface area contributed by atoms with Crippen LogP contribution in [-0.4, -0.2) is 72.5 Å². The van der Waals surface area contributed by atoms with Gasteiger partial charge in [-0.3, -0.25) is 10.2 Å². The summed E-state index contributed by atoms with van der Waals surface area (Å²) in [7, 11) is -2.01. The molecule has 0 radical (unpaired) electrons. The van der Waals surface area contributed by atoms with Gasteiger partial charge in [-0.1, -0.05) is 41.9 Å². The van der Waals surface area contributed by atoms with Crippen molar-refractivity contribution in [3.05, 3.63) is 77.3 Å². The normalized spacial score (nSPS) is 15.0. The first-order valence-corrected chi connectivity index (χ1v) is 12.6. The summed E-state index contributed by atoms with van der Waals surface area (Å²) in [5.74, 6) is 0.136. The Balaban J connectivity index is 1.41. The molecule has 8 nitrogen and oxygen atoms in total. The van der Waals surface area contributed by atoms with Crippen molar-refractivity contribution < 1.29 is 13.2 Å². The molecule has 2 N–H and O–H groups in total. The molecule has 0 saturated carbocycles. The maximum atomic E-state index is 13.1. The average Bonchev–Trinajstić information content (AvgIpc) is 3.24. The number of nitrogens with one attached hydrogen (secondary N) is 2. The number of piperazine rings is 1. The Morgan fingerprint density at radius 3 is 2.62 bits per heavy atom. The van der Waals surface area contributed by atoms with Gasteiger partial charge in [-0.2, -0.15) is 4.31 Å². The number of halogens is 1. The number of rotatable bonds is 7. The number of amides is 1. The SMILES string of the molecule is C=CCN(C)C(=N)c1ccc(CN2CCN(S(=O)(=O)c3cc4cc(Cl)ccc4[nH]3)CC2=O)cc1. The van der Waals surface area contributed by atoms with Crippen LogP contribution >= 0.6 is 11.6 Å². The highest BCUT2D eigenvalue weighted by atomic mass is 35.5. The van der Waals surface area contributed by atoms with E-state index in [0.29, 0.717) is 41.4 Å². The number of nitrogens with zero attached hydrogens (tertiary/aromatic N) is 3. The van der Waals surface area contributed by atoms with Gasteiger partial charge in [0.25, 0.3) is 10.0 Å². The zero-order valence-corrected chi connectivity index (χ0v) is 20.4. The van der Waals surface area contributed by atoms with Crippen LogP contribution in [-0.2, 0) is 21.4 Å². The molecule has 0 unspecified atom stereocenters. The second-order valence-electron chi connectivity index (χ2n) is 8.23. The number of amidine groups is 1. The van der Waals surface area contributed by atoms with Gasteiger partial charge in [0.15, 0.2) is 0 Å². The molecule has 4 rings (SSSR count). The molecule has 1 fully saturated rings. The number of likely N-dealkylation sites (N-methyl/N-ethyl adjacent to an activating group) is 1. The molecular formula is C24H26ClN5O3S. The predicted octanol–water partition coefficient (Wildman–Crippen LogP) is 3.30. The van der Waals surface area contributed by atoms with Crippen LogP contribution in [0.15, 0.2) is 66.2 Å². The molecule has 178 valence electrons. The van der Waals surface area contributed by atoms with E-state index in [1.54, 1.807) is 40.1 Å². The van der Waals surface area contributed by atoms with Gasteiger partial charge in [0.2, 0.25) is 5.91 Å². The largest absolute Gasteiger partial charge is 0.356 e. The summed E-state index contributed by atoms with van der Waals surface area (Å²) in [5, 5.41) is 9.50. The molecule has 1 aromatic heterocycles. The Morgan fingerprint density at radius 1 is 1.21 bits per heavy atom. The number of hydrogen-bond donors (Lipinski definition) is 2. The van der Waals surface area contributed by atoms with Gasteiger partial charge in [-0.15, -0.1) is 6.58 Å². The lowest BCUT2D eigenvalue weighted by molar-refractivity contribution is -0.134. The third kappa shape index (κ3) is 4.86. The molecule has 1 aliphatic rings. The molecule has 1 saturated heterocycles. The van der Waals surface area contributed by atoms with Crippen molar-refractivity contribution in [2.75, 3.05) is 33.2 Å². The minimum Gasteiger partial charge on any atom is -0.356 e. The van der Waals surface area contributed by atoms with Gasteiger partial charge >= 0.3 is 0 Å². The molecule has 0 bridgehead atoms. The fourth-order valence-electron chi connectivity index (χ4n) is 3.91. The smallest absolute Gasteiger partial charge is 0.259 e. The molecule has 34 heavy (non-hydrogen) atoms. The van der Waals surface area contributed by atoms with E-state index in [0.717, 1.165) is 11.1 Å². The highest BCUT2D eigenvalue weighted by Crippen LogP contribution is 2.25. The number of hydrogen-bond acceptors (Lipinski definition) is 4. The number of sulfonamides is 1. The van der Waals surface area contributed by atoms with Gasteiger partial charge < -0.3 is 14.8 Å². The zero-order chi connectivity index (χ0) is 24.5. The Hall–Kier alpha value is -3.14. The second kappa shape index (κ2) is 9.61. The highest BCUT2D eigenvalue weighted by molar-refractivity contribution is 7.89. The van der Waals surface area contributed by atoms with Crippen LogP contribution in [0.1, 0.15) is 11.1 Å². The lowest BCUT2D eigenvalue weighted by Crippen LogP contribution is -2.51. The fourth-order valence-corrected chi connectivity index (χ4v) is 5.48. The molecule has 1 amide bonds. The zero-order valence-electron chi connectivity index (χ0n) is 18.8. The minimum atomic E-state index is -3.84. The molecule has 10 heteroatoms. The molecule has 0 spiro atoms. The van der Waals surface area contributed by atoms with E-state index in [1.807, 2.05) is 31.3 Å². The number of aromatic amines is 1. The van der Waals surface area contributed by atoms with Gasteiger partial charge in [-0.05, 0) is 29.8 Å². The van der Waals surface area contributed by atoms with Crippen LogP contribution < -0.4 is 0 Å². The van der Waals surface area contributed by atoms with E-state index in [4.69, 9.17) is 17.0 Å². The number of aromatic nitrogens is 1. The summed E-state index contributed by atoms with van der Waals surface area (Å²) in [6, 6.07) is 14.1. The van der Waals surface area contributed by atoms with Crippen molar-refractivity contribution in [1.82, 2.24) is 19.1 Å². The van der Waals surface area contributed by atoms with Crippen molar-refractivity contribution in [2.45, 2.75) is 11.6 Å². The Kier molecular flexibility index (Phi) is 6.79. The van der Waals surface area contributed by atoms with Crippen LogP contribution in [0.4, 0.5) is 0 Å². The Morgan fingerprint density at radius 2 is 1.94 bits per heavy atom. The summed E-state index contributed by atoms with van der Waals surface area (Å²) in [6.45, 7) is 4.94. The number of benzene rings is 2. The monoisotopic (exact) mass is 499 g/mol. The van der Waals surface area contributed by atoms with Crippen LogP contribution in [0, 0.1) is 5.41 Å². The molecule has 2 aromatic carbocycles. The third-order valence-corrected chi connectivity index (χ3v) is 7.85. The third-order valence-electron chi connectivity index (χ3n) is 5.85. The fraction of sp³-hybridized carbons (Fsp3) is 0.250. The van der Waals surface area contributed by atoms with Crippen molar-refractivity contribution >= 4 is 44.3 Å². The maximum Gasteiger partial charge on any atom is 0.259 e. The number of carbonyl (C=O) groups excluding carboxylic acids is 1. The summed E-state index contributed by atoms with van der Waals surface area (Å²) in [6.07, 6.45) is 1.74. The van der Waals surface area contributed by atoms with E-state index in [9.17, 15) is 13.2 Å². The van der Waals surface area contributed by atoms with E-state index in [2.05, 4.69) is 11.6 Å². The topological polar surface area (TPSA) is 101 Å². The van der Waals surface area contributed by atoms with Gasteiger partial charge in [0.05, 0.1) is 6.54 Å². The van der Waals surface area contributed by atoms with E-state index in [1.165, 1.54) is 4.31 Å². The molecule has 0 aliphatic carbocycles. The second-order valence-corrected chi connectivity index (χ2v) is 10.6. The van der Waals surface area contributed by atoms with Crippen LogP contribution in [0.3, 0.4) is 0 Å². The van der Waals surface area contributed by atoms with Crippen LogP contribution in [0.2, 0.25) is 5.02 Å². The molecule has 1 aliphatic heterocycles. The predicted molar refractivity (Wildman–Crippen MR) is 134 cm³/mol. The lowest BCUT2D eigenvalue weighted by Gasteiger charge is -2.33. The van der Waals surface area contributed by atoms with Gasteiger partial charge in [-0.25, -0.2) is 8.42 Å². The van der Waals surface area contributed by atoms with E-state index >= 15 is 0 Å². The number of carbonyl (C=O) groups is 1. The molecule has 0 atom stereocenters. The van der Waals surface area contributed by atoms with Crippen LogP contribution in [0.5, 0.6) is 0 Å². The number of fused-ring (bicyclic) bond motifs is 1. The Labute approximate surface area is 204 Å². The van der Waals surface area contributed by atoms with E-state index < -0.39 is 10.0 Å².